The zero-order valence-electron chi connectivity index (χ0n) is 17.4. The topological polar surface area (TPSA) is 79.6 Å². The summed E-state index contributed by atoms with van der Waals surface area (Å²) >= 11 is 1.60. The SMILES string of the molecule is Cc1ccc([C@@H](NC(=O)CN(Cc2ccco2)[C@H]2CCS(=O)(=O)C2)c2cccs2)cc1. The van der Waals surface area contributed by atoms with Crippen molar-refractivity contribution in [1.82, 2.24) is 10.2 Å². The van der Waals surface area contributed by atoms with Gasteiger partial charge in [0.15, 0.2) is 9.84 Å². The highest BCUT2D eigenvalue weighted by atomic mass is 32.2. The van der Waals surface area contributed by atoms with Crippen LogP contribution in [0.15, 0.2) is 64.6 Å². The Labute approximate surface area is 186 Å². The van der Waals surface area contributed by atoms with Gasteiger partial charge in [0, 0.05) is 10.9 Å². The van der Waals surface area contributed by atoms with Gasteiger partial charge < -0.3 is 9.73 Å². The van der Waals surface area contributed by atoms with E-state index in [4.69, 9.17) is 4.42 Å². The van der Waals surface area contributed by atoms with Gasteiger partial charge in [-0.05, 0) is 42.5 Å². The number of hydrogen-bond donors (Lipinski definition) is 1. The summed E-state index contributed by atoms with van der Waals surface area (Å²) in [4.78, 5) is 16.1. The smallest absolute Gasteiger partial charge is 0.234 e. The summed E-state index contributed by atoms with van der Waals surface area (Å²) in [6.07, 6.45) is 2.12. The monoisotopic (exact) mass is 458 g/mol. The number of sulfone groups is 1. The Hall–Kier alpha value is -2.42. The molecule has 4 rings (SSSR count). The molecule has 1 aliphatic rings. The fraction of sp³-hybridized carbons (Fsp3) is 0.348. The van der Waals surface area contributed by atoms with Gasteiger partial charge in [-0.1, -0.05) is 35.9 Å². The van der Waals surface area contributed by atoms with Crippen molar-refractivity contribution < 1.29 is 17.6 Å². The summed E-state index contributed by atoms with van der Waals surface area (Å²) in [5.41, 5.74) is 2.18. The number of carbonyl (C=O) groups excluding carboxylic acids is 1. The van der Waals surface area contributed by atoms with E-state index in [0.29, 0.717) is 18.7 Å². The Morgan fingerprint density at radius 2 is 2.03 bits per heavy atom. The maximum Gasteiger partial charge on any atom is 0.234 e. The van der Waals surface area contributed by atoms with E-state index in [1.165, 1.54) is 0 Å². The highest BCUT2D eigenvalue weighted by Gasteiger charge is 2.34. The quantitative estimate of drug-likeness (QED) is 0.559. The molecule has 3 heterocycles. The maximum atomic E-state index is 13.1. The first-order chi connectivity index (χ1) is 14.9. The second-order valence-electron chi connectivity index (χ2n) is 7.97. The van der Waals surface area contributed by atoms with Gasteiger partial charge in [0.2, 0.25) is 5.91 Å². The summed E-state index contributed by atoms with van der Waals surface area (Å²) in [5.74, 6) is 0.808. The van der Waals surface area contributed by atoms with Gasteiger partial charge in [0.05, 0.1) is 36.9 Å². The van der Waals surface area contributed by atoms with Gasteiger partial charge in [0.25, 0.3) is 0 Å². The summed E-state index contributed by atoms with van der Waals surface area (Å²) < 4.78 is 29.5. The Balaban J connectivity index is 1.51. The molecule has 1 aliphatic heterocycles. The first-order valence-electron chi connectivity index (χ1n) is 10.3. The molecule has 1 N–H and O–H groups in total. The second kappa shape index (κ2) is 9.38. The molecule has 1 amide bonds. The van der Waals surface area contributed by atoms with Crippen molar-refractivity contribution >= 4 is 27.1 Å². The van der Waals surface area contributed by atoms with Crippen molar-refractivity contribution in [2.75, 3.05) is 18.1 Å². The van der Waals surface area contributed by atoms with Crippen molar-refractivity contribution in [3.05, 3.63) is 81.9 Å². The zero-order chi connectivity index (χ0) is 21.8. The minimum Gasteiger partial charge on any atom is -0.468 e. The van der Waals surface area contributed by atoms with Gasteiger partial charge in [0.1, 0.15) is 5.76 Å². The molecule has 2 atom stereocenters. The van der Waals surface area contributed by atoms with Crippen LogP contribution in [-0.2, 0) is 21.2 Å². The van der Waals surface area contributed by atoms with Crippen LogP contribution in [-0.4, -0.2) is 43.3 Å². The number of nitrogens with zero attached hydrogens (tertiary/aromatic N) is 1. The lowest BCUT2D eigenvalue weighted by molar-refractivity contribution is -0.123. The standard InChI is InChI=1S/C23H26N2O4S2/c1-17-6-8-18(9-7-17)23(21-5-3-12-30-21)24-22(26)15-25(14-20-4-2-11-29-20)19-10-13-31(27,28)16-19/h2-9,11-12,19,23H,10,13-16H2,1H3,(H,24,26)/t19-,23+/m0/s1. The van der Waals surface area contributed by atoms with Crippen LogP contribution in [0.2, 0.25) is 0 Å². The van der Waals surface area contributed by atoms with Crippen LogP contribution in [0.1, 0.15) is 34.2 Å². The van der Waals surface area contributed by atoms with Crippen molar-refractivity contribution in [3.8, 4) is 0 Å². The molecule has 0 aliphatic carbocycles. The summed E-state index contributed by atoms with van der Waals surface area (Å²) in [6.45, 7) is 2.54. The molecule has 0 spiro atoms. The van der Waals surface area contributed by atoms with E-state index in [9.17, 15) is 13.2 Å². The number of nitrogens with one attached hydrogen (secondary N) is 1. The van der Waals surface area contributed by atoms with Gasteiger partial charge in [-0.2, -0.15) is 0 Å². The molecule has 8 heteroatoms. The molecule has 3 aromatic rings. The molecular formula is C23H26N2O4S2. The van der Waals surface area contributed by atoms with E-state index in [1.54, 1.807) is 23.7 Å². The first kappa shape index (κ1) is 21.8. The lowest BCUT2D eigenvalue weighted by Crippen LogP contribution is -2.44. The molecule has 164 valence electrons. The highest BCUT2D eigenvalue weighted by molar-refractivity contribution is 7.91. The van der Waals surface area contributed by atoms with Crippen LogP contribution in [0, 0.1) is 6.92 Å². The normalized spacial score (nSPS) is 18.8. The lowest BCUT2D eigenvalue weighted by atomic mass is 10.0. The predicted molar refractivity (Wildman–Crippen MR) is 122 cm³/mol. The summed E-state index contributed by atoms with van der Waals surface area (Å²) in [7, 11) is -3.06. The van der Waals surface area contributed by atoms with Crippen LogP contribution >= 0.6 is 11.3 Å². The van der Waals surface area contributed by atoms with E-state index < -0.39 is 9.84 Å². The predicted octanol–water partition coefficient (Wildman–Crippen LogP) is 3.54. The molecule has 1 aromatic carbocycles. The Morgan fingerprint density at radius 1 is 1.23 bits per heavy atom. The zero-order valence-corrected chi connectivity index (χ0v) is 19.0. The number of hydrogen-bond acceptors (Lipinski definition) is 6. The first-order valence-corrected chi connectivity index (χ1v) is 13.0. The maximum absolute atomic E-state index is 13.1. The second-order valence-corrected chi connectivity index (χ2v) is 11.2. The number of benzene rings is 1. The number of aryl methyl sites for hydroxylation is 1. The third-order valence-corrected chi connectivity index (χ3v) is 8.24. The van der Waals surface area contributed by atoms with E-state index in [1.807, 2.05) is 59.7 Å². The molecule has 0 radical (unpaired) electrons. The third-order valence-electron chi connectivity index (χ3n) is 5.55. The Bertz CT molecular complexity index is 1090. The highest BCUT2D eigenvalue weighted by Crippen LogP contribution is 2.27. The molecule has 1 saturated heterocycles. The van der Waals surface area contributed by atoms with Crippen LogP contribution in [0.4, 0.5) is 0 Å². The van der Waals surface area contributed by atoms with Gasteiger partial charge >= 0.3 is 0 Å². The van der Waals surface area contributed by atoms with Crippen LogP contribution in [0.5, 0.6) is 0 Å². The minimum absolute atomic E-state index is 0.0767. The lowest BCUT2D eigenvalue weighted by Gasteiger charge is -2.27. The number of furan rings is 1. The van der Waals surface area contributed by atoms with Crippen LogP contribution in [0.25, 0.3) is 0 Å². The molecule has 0 unspecified atom stereocenters. The van der Waals surface area contributed by atoms with E-state index in [0.717, 1.165) is 16.0 Å². The van der Waals surface area contributed by atoms with E-state index in [-0.39, 0.29) is 36.0 Å². The Kier molecular flexibility index (Phi) is 6.60. The largest absolute Gasteiger partial charge is 0.468 e. The fourth-order valence-electron chi connectivity index (χ4n) is 3.90. The molecular weight excluding hydrogens is 432 g/mol. The van der Waals surface area contributed by atoms with E-state index >= 15 is 0 Å². The fourth-order valence-corrected chi connectivity index (χ4v) is 6.47. The molecule has 1 fully saturated rings. The van der Waals surface area contributed by atoms with Crippen molar-refractivity contribution in [3.63, 3.8) is 0 Å². The summed E-state index contributed by atoms with van der Waals surface area (Å²) in [6, 6.07) is 15.3. The summed E-state index contributed by atoms with van der Waals surface area (Å²) in [5, 5.41) is 5.15. The van der Waals surface area contributed by atoms with Crippen LogP contribution < -0.4 is 5.32 Å². The van der Waals surface area contributed by atoms with Crippen molar-refractivity contribution in [2.24, 2.45) is 0 Å². The van der Waals surface area contributed by atoms with Gasteiger partial charge in [-0.25, -0.2) is 8.42 Å². The minimum atomic E-state index is -3.06. The van der Waals surface area contributed by atoms with E-state index in [2.05, 4.69) is 5.32 Å². The van der Waals surface area contributed by atoms with Crippen molar-refractivity contribution in [2.45, 2.75) is 32.0 Å². The average Bonchev–Trinajstić information content (AvgIpc) is 3.49. The van der Waals surface area contributed by atoms with Crippen molar-refractivity contribution in [1.29, 1.82) is 0 Å². The Morgan fingerprint density at radius 3 is 2.65 bits per heavy atom. The van der Waals surface area contributed by atoms with Crippen LogP contribution in [0.3, 0.4) is 0 Å². The van der Waals surface area contributed by atoms with Gasteiger partial charge in [-0.15, -0.1) is 11.3 Å². The molecule has 6 nitrogen and oxygen atoms in total. The van der Waals surface area contributed by atoms with Gasteiger partial charge in [-0.3, -0.25) is 9.69 Å². The molecule has 0 saturated carbocycles. The average molecular weight is 459 g/mol. The number of thiophene rings is 1. The molecule has 31 heavy (non-hydrogen) atoms. The molecule has 0 bridgehead atoms. The number of carbonyl (C=O) groups is 1. The third kappa shape index (κ3) is 5.64. The number of amides is 1. The molecule has 2 aromatic heterocycles. The number of rotatable bonds is 8.